The van der Waals surface area contributed by atoms with Crippen LogP contribution in [0.15, 0.2) is 12.1 Å². The smallest absolute Gasteiger partial charge is 0.309 e. The summed E-state index contributed by atoms with van der Waals surface area (Å²) in [6.45, 7) is 3.88. The number of carbonyl (C=O) groups is 1. The molecule has 0 fully saturated rings. The van der Waals surface area contributed by atoms with Gasteiger partial charge in [-0.25, -0.2) is 0 Å². The average molecular weight is 213 g/mol. The number of ether oxygens (including phenoxy) is 1. The van der Waals surface area contributed by atoms with Gasteiger partial charge in [-0.3, -0.25) is 4.79 Å². The van der Waals surface area contributed by atoms with Crippen LogP contribution in [0, 0.1) is 13.8 Å². The van der Waals surface area contributed by atoms with Crippen molar-refractivity contribution in [1.82, 2.24) is 0 Å². The molecule has 0 bridgehead atoms. The molecule has 0 atom stereocenters. The second kappa shape index (κ2) is 4.47. The molecule has 0 unspecified atom stereocenters. The monoisotopic (exact) mass is 212 g/mol. The van der Waals surface area contributed by atoms with Crippen molar-refractivity contribution in [3.8, 4) is 0 Å². The van der Waals surface area contributed by atoms with Crippen molar-refractivity contribution in [2.75, 3.05) is 7.11 Å². The van der Waals surface area contributed by atoms with Gasteiger partial charge in [0.1, 0.15) is 0 Å². The van der Waals surface area contributed by atoms with E-state index >= 15 is 0 Å². The summed E-state index contributed by atoms with van der Waals surface area (Å²) in [6.07, 6.45) is 0.311. The minimum atomic E-state index is -0.224. The maximum absolute atomic E-state index is 11.1. The van der Waals surface area contributed by atoms with E-state index in [-0.39, 0.29) is 5.97 Å². The van der Waals surface area contributed by atoms with Gasteiger partial charge in [0, 0.05) is 5.02 Å². The molecular formula is C11H13ClO2. The van der Waals surface area contributed by atoms with E-state index in [1.54, 1.807) is 0 Å². The molecule has 0 N–H and O–H groups in total. The van der Waals surface area contributed by atoms with Crippen LogP contribution in [0.2, 0.25) is 5.02 Å². The van der Waals surface area contributed by atoms with Crippen LogP contribution in [-0.4, -0.2) is 13.1 Å². The maximum atomic E-state index is 11.1. The van der Waals surface area contributed by atoms with Crippen LogP contribution in [0.4, 0.5) is 0 Å². The third kappa shape index (κ3) is 2.48. The van der Waals surface area contributed by atoms with Crippen LogP contribution in [0.3, 0.4) is 0 Å². The first kappa shape index (κ1) is 11.1. The van der Waals surface area contributed by atoms with E-state index in [0.717, 1.165) is 16.7 Å². The van der Waals surface area contributed by atoms with Crippen molar-refractivity contribution in [1.29, 1.82) is 0 Å². The van der Waals surface area contributed by atoms with E-state index in [4.69, 9.17) is 11.6 Å². The van der Waals surface area contributed by atoms with E-state index in [2.05, 4.69) is 4.74 Å². The molecule has 0 saturated heterocycles. The Balaban J connectivity index is 3.02. The SMILES string of the molecule is COC(=O)Cc1c(C)cc(Cl)cc1C. The first-order valence-electron chi connectivity index (χ1n) is 4.37. The predicted molar refractivity (Wildman–Crippen MR) is 56.6 cm³/mol. The van der Waals surface area contributed by atoms with Crippen LogP contribution in [0.5, 0.6) is 0 Å². The zero-order chi connectivity index (χ0) is 10.7. The minimum absolute atomic E-state index is 0.224. The fourth-order valence-corrected chi connectivity index (χ4v) is 1.76. The lowest BCUT2D eigenvalue weighted by Gasteiger charge is -2.09. The zero-order valence-corrected chi connectivity index (χ0v) is 9.31. The van der Waals surface area contributed by atoms with Gasteiger partial charge >= 0.3 is 5.97 Å². The Bertz CT molecular complexity index is 335. The third-order valence-corrected chi connectivity index (χ3v) is 2.43. The van der Waals surface area contributed by atoms with Crippen molar-refractivity contribution in [3.63, 3.8) is 0 Å². The van der Waals surface area contributed by atoms with Crippen LogP contribution in [-0.2, 0) is 16.0 Å². The number of carbonyl (C=O) groups excluding carboxylic acids is 1. The molecule has 0 spiro atoms. The van der Waals surface area contributed by atoms with Gasteiger partial charge in [0.05, 0.1) is 13.5 Å². The number of aryl methyl sites for hydroxylation is 2. The number of rotatable bonds is 2. The fraction of sp³-hybridized carbons (Fsp3) is 0.364. The van der Waals surface area contributed by atoms with Gasteiger partial charge in [-0.2, -0.15) is 0 Å². The molecular weight excluding hydrogens is 200 g/mol. The number of halogens is 1. The van der Waals surface area contributed by atoms with Gasteiger partial charge in [-0.15, -0.1) is 0 Å². The molecule has 0 radical (unpaired) electrons. The van der Waals surface area contributed by atoms with E-state index in [1.807, 2.05) is 26.0 Å². The van der Waals surface area contributed by atoms with Gasteiger partial charge in [0.15, 0.2) is 0 Å². The molecule has 2 nitrogen and oxygen atoms in total. The molecule has 1 aromatic carbocycles. The summed E-state index contributed by atoms with van der Waals surface area (Å²) in [5, 5.41) is 0.702. The summed E-state index contributed by atoms with van der Waals surface area (Å²) >= 11 is 5.88. The van der Waals surface area contributed by atoms with Crippen molar-refractivity contribution in [2.45, 2.75) is 20.3 Å². The van der Waals surface area contributed by atoms with E-state index in [0.29, 0.717) is 11.4 Å². The Morgan fingerprint density at radius 2 is 1.86 bits per heavy atom. The summed E-state index contributed by atoms with van der Waals surface area (Å²) in [6, 6.07) is 3.71. The van der Waals surface area contributed by atoms with Crippen LogP contribution >= 0.6 is 11.6 Å². The molecule has 1 aromatic rings. The van der Waals surface area contributed by atoms with Gasteiger partial charge in [-0.1, -0.05) is 11.6 Å². The Hall–Kier alpha value is -1.02. The van der Waals surface area contributed by atoms with Gasteiger partial charge in [0.25, 0.3) is 0 Å². The standard InChI is InChI=1S/C11H13ClO2/c1-7-4-9(12)5-8(2)10(7)6-11(13)14-3/h4-5H,6H2,1-3H3. The molecule has 3 heteroatoms. The summed E-state index contributed by atoms with van der Waals surface area (Å²) in [5.41, 5.74) is 3.06. The number of hydrogen-bond donors (Lipinski definition) is 0. The molecule has 0 aliphatic rings. The van der Waals surface area contributed by atoms with E-state index < -0.39 is 0 Å². The third-order valence-electron chi connectivity index (χ3n) is 2.21. The second-order valence-electron chi connectivity index (χ2n) is 3.27. The first-order chi connectivity index (χ1) is 6.54. The lowest BCUT2D eigenvalue weighted by atomic mass is 10.0. The van der Waals surface area contributed by atoms with E-state index in [1.165, 1.54) is 7.11 Å². The largest absolute Gasteiger partial charge is 0.469 e. The molecule has 0 aromatic heterocycles. The minimum Gasteiger partial charge on any atom is -0.469 e. The molecule has 76 valence electrons. The molecule has 0 saturated carbocycles. The van der Waals surface area contributed by atoms with Crippen molar-refractivity contribution in [3.05, 3.63) is 33.8 Å². The number of benzene rings is 1. The first-order valence-corrected chi connectivity index (χ1v) is 4.75. The Kier molecular flexibility index (Phi) is 3.53. The zero-order valence-electron chi connectivity index (χ0n) is 8.56. The van der Waals surface area contributed by atoms with Crippen molar-refractivity contribution >= 4 is 17.6 Å². The van der Waals surface area contributed by atoms with Crippen LogP contribution in [0.25, 0.3) is 0 Å². The lowest BCUT2D eigenvalue weighted by Crippen LogP contribution is -2.07. The Morgan fingerprint density at radius 3 is 2.29 bits per heavy atom. The van der Waals surface area contributed by atoms with Crippen LogP contribution in [0.1, 0.15) is 16.7 Å². The Morgan fingerprint density at radius 1 is 1.36 bits per heavy atom. The van der Waals surface area contributed by atoms with Crippen LogP contribution < -0.4 is 0 Å². The second-order valence-corrected chi connectivity index (χ2v) is 3.71. The lowest BCUT2D eigenvalue weighted by molar-refractivity contribution is -0.139. The highest BCUT2D eigenvalue weighted by atomic mass is 35.5. The Labute approximate surface area is 88.8 Å². The molecule has 1 rings (SSSR count). The topological polar surface area (TPSA) is 26.3 Å². The maximum Gasteiger partial charge on any atom is 0.309 e. The summed E-state index contributed by atoms with van der Waals surface area (Å²) in [4.78, 5) is 11.1. The highest BCUT2D eigenvalue weighted by Gasteiger charge is 2.09. The number of hydrogen-bond acceptors (Lipinski definition) is 2. The highest BCUT2D eigenvalue weighted by Crippen LogP contribution is 2.20. The fourth-order valence-electron chi connectivity index (χ4n) is 1.44. The van der Waals surface area contributed by atoms with Crippen molar-refractivity contribution in [2.24, 2.45) is 0 Å². The summed E-state index contributed by atoms with van der Waals surface area (Å²) < 4.78 is 4.62. The molecule has 0 amide bonds. The molecule has 0 heterocycles. The normalized spacial score (nSPS) is 10.0. The molecule has 0 aliphatic heterocycles. The van der Waals surface area contributed by atoms with Crippen molar-refractivity contribution < 1.29 is 9.53 Å². The predicted octanol–water partition coefficient (Wildman–Crippen LogP) is 2.67. The van der Waals surface area contributed by atoms with Gasteiger partial charge in [-0.05, 0) is 42.7 Å². The molecule has 14 heavy (non-hydrogen) atoms. The summed E-state index contributed by atoms with van der Waals surface area (Å²) in [7, 11) is 1.39. The number of methoxy groups -OCH3 is 1. The van der Waals surface area contributed by atoms with E-state index in [9.17, 15) is 4.79 Å². The van der Waals surface area contributed by atoms with Gasteiger partial charge < -0.3 is 4.74 Å². The quantitative estimate of drug-likeness (QED) is 0.705. The number of esters is 1. The highest BCUT2D eigenvalue weighted by molar-refractivity contribution is 6.30. The molecule has 0 aliphatic carbocycles. The summed E-state index contributed by atoms with van der Waals surface area (Å²) in [5.74, 6) is -0.224. The van der Waals surface area contributed by atoms with Gasteiger partial charge in [0.2, 0.25) is 0 Å². The average Bonchev–Trinajstić information content (AvgIpc) is 2.10.